The molecule has 0 aliphatic carbocycles. The van der Waals surface area contributed by atoms with Gasteiger partial charge in [-0.1, -0.05) is 79.0 Å². The number of carbonyl (C=O) groups excluding carboxylic acids is 1. The van der Waals surface area contributed by atoms with Gasteiger partial charge in [0.15, 0.2) is 0 Å². The summed E-state index contributed by atoms with van der Waals surface area (Å²) < 4.78 is 0. The Balaban J connectivity index is 1.96. The molecule has 0 spiro atoms. The van der Waals surface area contributed by atoms with E-state index in [4.69, 9.17) is 34.8 Å². The van der Waals surface area contributed by atoms with E-state index in [0.717, 1.165) is 11.1 Å². The first-order valence-corrected chi connectivity index (χ1v) is 12.9. The van der Waals surface area contributed by atoms with Gasteiger partial charge in [0.1, 0.15) is 5.15 Å². The van der Waals surface area contributed by atoms with Crippen LogP contribution in [0.2, 0.25) is 15.2 Å². The Morgan fingerprint density at radius 1 is 1.06 bits per heavy atom. The van der Waals surface area contributed by atoms with Crippen molar-refractivity contribution >= 4 is 46.7 Å². The van der Waals surface area contributed by atoms with Gasteiger partial charge in [-0.15, -0.1) is 0 Å². The van der Waals surface area contributed by atoms with Gasteiger partial charge in [-0.25, -0.2) is 4.98 Å². The third-order valence-corrected chi connectivity index (χ3v) is 7.63. The van der Waals surface area contributed by atoms with Gasteiger partial charge < -0.3 is 10.0 Å². The fourth-order valence-electron chi connectivity index (χ4n) is 5.38. The first-order chi connectivity index (χ1) is 17.1. The quantitative estimate of drug-likeness (QED) is 0.308. The molecule has 4 rings (SSSR count). The van der Waals surface area contributed by atoms with Crippen LogP contribution < -0.4 is 0 Å². The molecular formula is C28H27Cl3N2O3. The monoisotopic (exact) mass is 544 g/mol. The predicted molar refractivity (Wildman–Crippen MR) is 142 cm³/mol. The molecule has 1 aliphatic rings. The van der Waals surface area contributed by atoms with Crippen molar-refractivity contribution in [2.24, 2.45) is 5.41 Å². The summed E-state index contributed by atoms with van der Waals surface area (Å²) in [4.78, 5) is 32.6. The van der Waals surface area contributed by atoms with Crippen LogP contribution in [0.4, 0.5) is 0 Å². The lowest BCUT2D eigenvalue weighted by Gasteiger charge is -2.51. The molecule has 8 heteroatoms. The number of nitrogens with zero attached hydrogens (tertiary/aromatic N) is 2. The van der Waals surface area contributed by atoms with Crippen LogP contribution >= 0.6 is 34.8 Å². The van der Waals surface area contributed by atoms with E-state index in [0.29, 0.717) is 33.7 Å². The maximum atomic E-state index is 14.3. The highest BCUT2D eigenvalue weighted by atomic mass is 35.5. The molecule has 1 fully saturated rings. The number of rotatable bonds is 7. The predicted octanol–water partition coefficient (Wildman–Crippen LogP) is 7.73. The third-order valence-electron chi connectivity index (χ3n) is 6.93. The number of aromatic nitrogens is 1. The van der Waals surface area contributed by atoms with Gasteiger partial charge in [0.05, 0.1) is 29.6 Å². The Kier molecular flexibility index (Phi) is 7.93. The molecule has 4 atom stereocenters. The van der Waals surface area contributed by atoms with Crippen LogP contribution in [0.25, 0.3) is 0 Å². The number of benzene rings is 2. The van der Waals surface area contributed by atoms with Crippen molar-refractivity contribution in [1.29, 1.82) is 0 Å². The highest BCUT2D eigenvalue weighted by Crippen LogP contribution is 2.54. The summed E-state index contributed by atoms with van der Waals surface area (Å²) in [5.41, 5.74) is 1.36. The molecule has 1 N–H and O–H groups in total. The van der Waals surface area contributed by atoms with Crippen LogP contribution in [0.1, 0.15) is 67.9 Å². The molecule has 188 valence electrons. The van der Waals surface area contributed by atoms with Gasteiger partial charge in [-0.05, 0) is 60.4 Å². The molecule has 1 aromatic heterocycles. The van der Waals surface area contributed by atoms with E-state index in [9.17, 15) is 14.7 Å². The number of halogens is 3. The zero-order valence-electron chi connectivity index (χ0n) is 20.0. The number of piperidine rings is 1. The van der Waals surface area contributed by atoms with Gasteiger partial charge in [0.25, 0.3) is 0 Å². The van der Waals surface area contributed by atoms with Crippen LogP contribution in [0.5, 0.6) is 0 Å². The maximum absolute atomic E-state index is 14.3. The summed E-state index contributed by atoms with van der Waals surface area (Å²) >= 11 is 18.8. The summed E-state index contributed by atoms with van der Waals surface area (Å²) in [6.45, 7) is 3.72. The van der Waals surface area contributed by atoms with Gasteiger partial charge in [-0.3, -0.25) is 9.59 Å². The highest BCUT2D eigenvalue weighted by molar-refractivity contribution is 6.31. The molecule has 1 amide bonds. The van der Waals surface area contributed by atoms with Crippen molar-refractivity contribution in [3.05, 3.63) is 98.7 Å². The van der Waals surface area contributed by atoms with E-state index < -0.39 is 23.5 Å². The Hall–Kier alpha value is -2.60. The van der Waals surface area contributed by atoms with E-state index in [1.807, 2.05) is 54.3 Å². The Morgan fingerprint density at radius 2 is 1.75 bits per heavy atom. The molecular weight excluding hydrogens is 519 g/mol. The first-order valence-electron chi connectivity index (χ1n) is 11.8. The van der Waals surface area contributed by atoms with Gasteiger partial charge in [0.2, 0.25) is 5.91 Å². The number of aliphatic carboxylic acids is 1. The van der Waals surface area contributed by atoms with Crippen molar-refractivity contribution in [2.45, 2.75) is 51.1 Å². The zero-order valence-corrected chi connectivity index (χ0v) is 22.3. The van der Waals surface area contributed by atoms with E-state index in [2.05, 4.69) is 4.98 Å². The molecule has 2 heterocycles. The number of pyridine rings is 1. The van der Waals surface area contributed by atoms with Crippen molar-refractivity contribution in [3.8, 4) is 0 Å². The lowest BCUT2D eigenvalue weighted by Crippen LogP contribution is -2.53. The number of carboxylic acid groups (broad SMARTS) is 1. The van der Waals surface area contributed by atoms with Crippen molar-refractivity contribution in [1.82, 2.24) is 9.88 Å². The van der Waals surface area contributed by atoms with Crippen LogP contribution in [-0.4, -0.2) is 26.9 Å². The second-order valence-corrected chi connectivity index (χ2v) is 10.8. The van der Waals surface area contributed by atoms with Gasteiger partial charge in [0, 0.05) is 16.0 Å². The molecule has 36 heavy (non-hydrogen) atoms. The third kappa shape index (κ3) is 5.39. The topological polar surface area (TPSA) is 70.5 Å². The number of amides is 1. The summed E-state index contributed by atoms with van der Waals surface area (Å²) in [5.74, 6) is -1.47. The first kappa shape index (κ1) is 26.5. The average Bonchev–Trinajstić information content (AvgIpc) is 2.82. The summed E-state index contributed by atoms with van der Waals surface area (Å²) in [6.07, 6.45) is 0.627. The van der Waals surface area contributed by atoms with Crippen LogP contribution in [0.15, 0.2) is 66.7 Å². The molecule has 0 saturated carbocycles. The Morgan fingerprint density at radius 3 is 2.36 bits per heavy atom. The SMILES string of the molecule is CC[C@H](c1cccc(Cl)n1)N1C(=O)[C@@](C)(CC(=O)O)C[C@H](c2cccc(Cl)c2)[C@H]1c1ccc(Cl)cc1. The van der Waals surface area contributed by atoms with Crippen LogP contribution in [0.3, 0.4) is 0 Å². The van der Waals surface area contributed by atoms with Crippen LogP contribution in [-0.2, 0) is 9.59 Å². The fraction of sp³-hybridized carbons (Fsp3) is 0.321. The van der Waals surface area contributed by atoms with Gasteiger partial charge >= 0.3 is 5.97 Å². The highest BCUT2D eigenvalue weighted by Gasteiger charge is 2.52. The lowest BCUT2D eigenvalue weighted by atomic mass is 9.67. The molecule has 5 nitrogen and oxygen atoms in total. The number of carboxylic acids is 1. The minimum Gasteiger partial charge on any atom is -0.481 e. The molecule has 3 aromatic rings. The van der Waals surface area contributed by atoms with Crippen molar-refractivity contribution in [3.63, 3.8) is 0 Å². The van der Waals surface area contributed by atoms with Crippen LogP contribution in [0, 0.1) is 5.41 Å². The van der Waals surface area contributed by atoms with Crippen molar-refractivity contribution < 1.29 is 14.7 Å². The number of hydrogen-bond acceptors (Lipinski definition) is 3. The number of carbonyl (C=O) groups is 2. The summed E-state index contributed by atoms with van der Waals surface area (Å²) in [6, 6.07) is 19.5. The van der Waals surface area contributed by atoms with E-state index in [1.54, 1.807) is 31.2 Å². The normalized spacial score (nSPS) is 22.9. The molecule has 0 unspecified atom stereocenters. The second kappa shape index (κ2) is 10.8. The summed E-state index contributed by atoms with van der Waals surface area (Å²) in [5, 5.41) is 11.3. The van der Waals surface area contributed by atoms with E-state index in [-0.39, 0.29) is 18.2 Å². The molecule has 0 radical (unpaired) electrons. The largest absolute Gasteiger partial charge is 0.481 e. The Bertz CT molecular complexity index is 1270. The molecule has 0 bridgehead atoms. The zero-order chi connectivity index (χ0) is 26.0. The minimum atomic E-state index is -1.13. The van der Waals surface area contributed by atoms with E-state index >= 15 is 0 Å². The molecule has 1 aliphatic heterocycles. The Labute approximate surface area is 226 Å². The maximum Gasteiger partial charge on any atom is 0.304 e. The standard InChI is InChI=1S/C28H27Cl3N2O3/c1-3-23(22-8-5-9-24(31)32-22)33-26(17-10-12-19(29)13-11-17)21(18-6-4-7-20(30)14-18)15-28(2,27(33)36)16-25(34)35/h4-14,21,23,26H,3,15-16H2,1-2H3,(H,34,35)/t21-,23-,26-,28-/m1/s1. The smallest absolute Gasteiger partial charge is 0.304 e. The van der Waals surface area contributed by atoms with E-state index in [1.165, 1.54) is 0 Å². The number of likely N-dealkylation sites (tertiary alicyclic amines) is 1. The summed E-state index contributed by atoms with van der Waals surface area (Å²) in [7, 11) is 0. The molecule has 2 aromatic carbocycles. The van der Waals surface area contributed by atoms with Gasteiger partial charge in [-0.2, -0.15) is 0 Å². The van der Waals surface area contributed by atoms with Crippen molar-refractivity contribution in [2.75, 3.05) is 0 Å². The minimum absolute atomic E-state index is 0.222. The molecule has 1 saturated heterocycles. The lowest BCUT2D eigenvalue weighted by molar-refractivity contribution is -0.161. The second-order valence-electron chi connectivity index (χ2n) is 9.51. The number of hydrogen-bond donors (Lipinski definition) is 1. The fourth-order valence-corrected chi connectivity index (χ4v) is 5.88. The average molecular weight is 546 g/mol.